The van der Waals surface area contributed by atoms with E-state index >= 15 is 0 Å². The van der Waals surface area contributed by atoms with Gasteiger partial charge in [-0.05, 0) is 70.6 Å². The van der Waals surface area contributed by atoms with Gasteiger partial charge in [-0.1, -0.05) is 43.5 Å². The van der Waals surface area contributed by atoms with Crippen LogP contribution in [0.5, 0.6) is 0 Å². The van der Waals surface area contributed by atoms with Crippen LogP contribution in [0.1, 0.15) is 88.4 Å². The number of alkyl carbamates (subject to hydrolysis) is 1. The van der Waals surface area contributed by atoms with Gasteiger partial charge in [0.1, 0.15) is 17.7 Å². The van der Waals surface area contributed by atoms with E-state index in [1.54, 1.807) is 26.8 Å². The highest BCUT2D eigenvalue weighted by Crippen LogP contribution is 2.29. The van der Waals surface area contributed by atoms with Crippen LogP contribution in [0.3, 0.4) is 0 Å². The smallest absolute Gasteiger partial charge is 0.408 e. The van der Waals surface area contributed by atoms with Crippen molar-refractivity contribution >= 4 is 23.8 Å². The van der Waals surface area contributed by atoms with E-state index in [-0.39, 0.29) is 31.3 Å². The van der Waals surface area contributed by atoms with E-state index in [9.17, 15) is 19.2 Å². The molecule has 2 atom stereocenters. The molecule has 1 saturated carbocycles. The Bertz CT molecular complexity index is 1010. The van der Waals surface area contributed by atoms with Crippen LogP contribution in [0.25, 0.3) is 0 Å². The first-order valence-electron chi connectivity index (χ1n) is 13.4. The minimum atomic E-state index is -1.13. The average Bonchev–Trinajstić information content (AvgIpc) is 2.83. The van der Waals surface area contributed by atoms with E-state index in [1.807, 2.05) is 32.0 Å². The van der Waals surface area contributed by atoms with Crippen molar-refractivity contribution in [1.82, 2.24) is 15.5 Å². The fourth-order valence-corrected chi connectivity index (χ4v) is 4.70. The Morgan fingerprint density at radius 2 is 1.82 bits per heavy atom. The zero-order chi connectivity index (χ0) is 28.5. The molecule has 2 unspecified atom stereocenters. The zero-order valence-electron chi connectivity index (χ0n) is 23.5. The second-order valence-electron chi connectivity index (χ2n) is 11.0. The van der Waals surface area contributed by atoms with Crippen molar-refractivity contribution in [1.29, 1.82) is 0 Å². The number of nitrogens with two attached hydrogens (primary N) is 1. The molecular formula is C29H44N4O5. The summed E-state index contributed by atoms with van der Waals surface area (Å²) in [6.07, 6.45) is 5.60. The fourth-order valence-electron chi connectivity index (χ4n) is 4.70. The number of nitrogens with one attached hydrogen (secondary N) is 2. The third-order valence-corrected chi connectivity index (χ3v) is 6.73. The fraction of sp³-hybridized carbons (Fsp3) is 0.586. The molecule has 4 N–H and O–H groups in total. The molecule has 0 radical (unpaired) electrons. The van der Waals surface area contributed by atoms with Gasteiger partial charge in [0, 0.05) is 19.0 Å². The molecule has 4 amide bonds. The third-order valence-electron chi connectivity index (χ3n) is 6.73. The van der Waals surface area contributed by atoms with Gasteiger partial charge in [0.05, 0.1) is 0 Å². The maximum Gasteiger partial charge on any atom is 0.408 e. The summed E-state index contributed by atoms with van der Waals surface area (Å²) >= 11 is 0. The lowest BCUT2D eigenvalue weighted by Crippen LogP contribution is -2.54. The van der Waals surface area contributed by atoms with Gasteiger partial charge in [-0.3, -0.25) is 14.4 Å². The average molecular weight is 529 g/mol. The number of carbonyl (C=O) groups is 4. The van der Waals surface area contributed by atoms with Crippen LogP contribution in [0, 0.1) is 13.8 Å². The summed E-state index contributed by atoms with van der Waals surface area (Å²) in [6.45, 7) is 12.9. The van der Waals surface area contributed by atoms with Crippen molar-refractivity contribution < 1.29 is 23.9 Å². The predicted octanol–water partition coefficient (Wildman–Crippen LogP) is 3.97. The van der Waals surface area contributed by atoms with Crippen molar-refractivity contribution in [2.75, 3.05) is 6.54 Å². The Kier molecular flexibility index (Phi) is 11.4. The van der Waals surface area contributed by atoms with Crippen LogP contribution in [-0.2, 0) is 19.1 Å². The Hall–Kier alpha value is -3.36. The standard InChI is InChI=1S/C29H44N4O5/c1-7-18-33(27(36)23(16-17-24(30)34)32-28(37)38-29(4,5)6)25(22-15-11-12-19(2)20(22)3)26(35)31-21-13-9-8-10-14-21/h7,11-12,15,21,23,25H,1,8-10,13-14,16-18H2,2-6H3,(H2,30,34)(H,31,35)(H,32,37). The molecule has 2 rings (SSSR count). The van der Waals surface area contributed by atoms with Gasteiger partial charge in [-0.2, -0.15) is 0 Å². The highest BCUT2D eigenvalue weighted by Gasteiger charge is 2.37. The molecule has 1 aliphatic rings. The van der Waals surface area contributed by atoms with Crippen LogP contribution in [0.15, 0.2) is 30.9 Å². The van der Waals surface area contributed by atoms with Crippen LogP contribution in [0.4, 0.5) is 4.79 Å². The Morgan fingerprint density at radius 1 is 1.16 bits per heavy atom. The summed E-state index contributed by atoms with van der Waals surface area (Å²) in [7, 11) is 0. The van der Waals surface area contributed by atoms with Gasteiger partial charge < -0.3 is 26.0 Å². The Morgan fingerprint density at radius 3 is 2.39 bits per heavy atom. The number of ether oxygens (including phenoxy) is 1. The molecule has 1 fully saturated rings. The molecule has 1 aromatic rings. The normalized spacial score (nSPS) is 15.6. The monoisotopic (exact) mass is 528 g/mol. The number of nitrogens with zero attached hydrogens (tertiary/aromatic N) is 1. The quantitative estimate of drug-likeness (QED) is 0.374. The van der Waals surface area contributed by atoms with E-state index in [1.165, 1.54) is 4.90 Å². The van der Waals surface area contributed by atoms with E-state index in [2.05, 4.69) is 17.2 Å². The van der Waals surface area contributed by atoms with Gasteiger partial charge in [0.2, 0.25) is 17.7 Å². The van der Waals surface area contributed by atoms with E-state index in [0.717, 1.165) is 43.2 Å². The van der Waals surface area contributed by atoms with Crippen molar-refractivity contribution in [3.63, 3.8) is 0 Å². The number of aryl methyl sites for hydroxylation is 1. The molecule has 0 aromatic heterocycles. The summed E-state index contributed by atoms with van der Waals surface area (Å²) in [4.78, 5) is 53.5. The lowest BCUT2D eigenvalue weighted by atomic mass is 9.92. The highest BCUT2D eigenvalue weighted by atomic mass is 16.6. The molecule has 9 nitrogen and oxygen atoms in total. The maximum atomic E-state index is 14.0. The van der Waals surface area contributed by atoms with Gasteiger partial charge in [0.25, 0.3) is 0 Å². The van der Waals surface area contributed by atoms with E-state index < -0.39 is 35.6 Å². The summed E-state index contributed by atoms with van der Waals surface area (Å²) < 4.78 is 5.36. The van der Waals surface area contributed by atoms with Gasteiger partial charge in [0.15, 0.2) is 0 Å². The van der Waals surface area contributed by atoms with Gasteiger partial charge in [-0.15, -0.1) is 6.58 Å². The first kappa shape index (κ1) is 30.9. The van der Waals surface area contributed by atoms with Crippen molar-refractivity contribution in [2.45, 2.75) is 103 Å². The molecule has 9 heteroatoms. The first-order chi connectivity index (χ1) is 17.8. The first-order valence-corrected chi connectivity index (χ1v) is 13.4. The molecule has 0 saturated heterocycles. The van der Waals surface area contributed by atoms with Crippen molar-refractivity contribution in [2.24, 2.45) is 5.73 Å². The van der Waals surface area contributed by atoms with Crippen LogP contribution < -0.4 is 16.4 Å². The number of rotatable bonds is 11. The SMILES string of the molecule is C=CCN(C(=O)C(CCC(N)=O)NC(=O)OC(C)(C)C)C(C(=O)NC1CCCCC1)c1cccc(C)c1C. The zero-order valence-corrected chi connectivity index (χ0v) is 23.5. The van der Waals surface area contributed by atoms with Crippen LogP contribution >= 0.6 is 0 Å². The second-order valence-corrected chi connectivity index (χ2v) is 11.0. The molecule has 0 spiro atoms. The van der Waals surface area contributed by atoms with Crippen molar-refractivity contribution in [3.8, 4) is 0 Å². The number of primary amides is 1. The molecule has 38 heavy (non-hydrogen) atoms. The second kappa shape index (κ2) is 14.0. The number of hydrogen-bond donors (Lipinski definition) is 3. The minimum Gasteiger partial charge on any atom is -0.444 e. The molecule has 1 aliphatic carbocycles. The van der Waals surface area contributed by atoms with Gasteiger partial charge in [-0.25, -0.2) is 4.79 Å². The molecule has 1 aromatic carbocycles. The largest absolute Gasteiger partial charge is 0.444 e. The lowest BCUT2D eigenvalue weighted by molar-refractivity contribution is -0.142. The van der Waals surface area contributed by atoms with Crippen LogP contribution in [-0.4, -0.2) is 52.9 Å². The topological polar surface area (TPSA) is 131 Å². The minimum absolute atomic E-state index is 0.0369. The number of benzene rings is 1. The van der Waals surface area contributed by atoms with E-state index in [4.69, 9.17) is 10.5 Å². The Labute approximate surface area is 226 Å². The summed E-state index contributed by atoms with van der Waals surface area (Å²) in [5.74, 6) is -1.42. The van der Waals surface area contributed by atoms with Crippen LogP contribution in [0.2, 0.25) is 0 Å². The predicted molar refractivity (Wildman–Crippen MR) is 147 cm³/mol. The molecule has 210 valence electrons. The highest BCUT2D eigenvalue weighted by molar-refractivity contribution is 5.93. The molecule has 0 bridgehead atoms. The number of hydrogen-bond acceptors (Lipinski definition) is 5. The van der Waals surface area contributed by atoms with Gasteiger partial charge >= 0.3 is 6.09 Å². The molecule has 0 heterocycles. The molecule has 0 aliphatic heterocycles. The maximum absolute atomic E-state index is 14.0. The molecular weight excluding hydrogens is 484 g/mol. The number of amides is 4. The lowest BCUT2D eigenvalue weighted by Gasteiger charge is -2.36. The summed E-state index contributed by atoms with van der Waals surface area (Å²) in [5, 5.41) is 5.76. The van der Waals surface area contributed by atoms with E-state index in [0.29, 0.717) is 5.56 Å². The summed E-state index contributed by atoms with van der Waals surface area (Å²) in [6, 6.07) is 3.60. The Balaban J connectivity index is 2.49. The van der Waals surface area contributed by atoms with Crippen molar-refractivity contribution in [3.05, 3.63) is 47.5 Å². The third kappa shape index (κ3) is 9.19. The number of carbonyl (C=O) groups excluding carboxylic acids is 4. The summed E-state index contributed by atoms with van der Waals surface area (Å²) in [5.41, 5.74) is 7.15.